The summed E-state index contributed by atoms with van der Waals surface area (Å²) in [6.45, 7) is 3.88. The van der Waals surface area contributed by atoms with Crippen molar-refractivity contribution >= 4 is 51.6 Å². The van der Waals surface area contributed by atoms with Crippen LogP contribution in [0.1, 0.15) is 0 Å². The van der Waals surface area contributed by atoms with E-state index in [1.54, 1.807) is 0 Å². The Morgan fingerprint density at radius 2 is 1.77 bits per heavy atom. The van der Waals surface area contributed by atoms with Crippen molar-refractivity contribution in [3.8, 4) is 0 Å². The highest BCUT2D eigenvalue weighted by molar-refractivity contribution is 7.00. The Morgan fingerprint density at radius 3 is 2.54 bits per heavy atom. The highest BCUT2D eigenvalue weighted by Gasteiger charge is 2.19. The van der Waals surface area contributed by atoms with Crippen LogP contribution in [-0.2, 0) is 4.79 Å². The minimum absolute atomic E-state index is 0.00696. The number of hydrogen-bond acceptors (Lipinski definition) is 6. The highest BCUT2D eigenvalue weighted by Crippen LogP contribution is 2.20. The standard InChI is InChI=1S/C18H18ClN5OS/c19-13-1-4-15(5-2-13)24-9-7-23(8-10-24)12-18(25)20-14-3-6-16-17(11-14)22-26-21-16/h1-6,11H,7-10,12H2,(H,20,25). The van der Waals surface area contributed by atoms with Crippen molar-refractivity contribution in [1.29, 1.82) is 0 Å². The van der Waals surface area contributed by atoms with Gasteiger partial charge in [-0.15, -0.1) is 0 Å². The second-order valence-corrected chi connectivity index (χ2v) is 7.22. The molecule has 134 valence electrons. The van der Waals surface area contributed by atoms with E-state index in [0.29, 0.717) is 6.54 Å². The third-order valence-electron chi connectivity index (χ3n) is 4.47. The Bertz CT molecular complexity index is 905. The number of benzene rings is 2. The average Bonchev–Trinajstić information content (AvgIpc) is 3.11. The molecule has 0 atom stereocenters. The Labute approximate surface area is 160 Å². The summed E-state index contributed by atoms with van der Waals surface area (Å²) in [6.07, 6.45) is 0. The van der Waals surface area contributed by atoms with E-state index in [0.717, 1.165) is 47.9 Å². The molecule has 1 saturated heterocycles. The molecule has 0 saturated carbocycles. The molecular formula is C18H18ClN5OS. The molecule has 1 aliphatic rings. The number of rotatable bonds is 4. The van der Waals surface area contributed by atoms with Crippen molar-refractivity contribution in [2.75, 3.05) is 42.9 Å². The maximum atomic E-state index is 12.3. The second kappa shape index (κ2) is 7.57. The number of carbonyl (C=O) groups excluding carboxylic acids is 1. The van der Waals surface area contributed by atoms with Crippen molar-refractivity contribution in [1.82, 2.24) is 13.6 Å². The Balaban J connectivity index is 1.29. The molecule has 0 bridgehead atoms. The molecule has 2 aromatic carbocycles. The van der Waals surface area contributed by atoms with Gasteiger partial charge in [0.15, 0.2) is 0 Å². The average molecular weight is 388 g/mol. The number of carbonyl (C=O) groups is 1. The molecule has 3 aromatic rings. The van der Waals surface area contributed by atoms with Crippen molar-refractivity contribution in [2.45, 2.75) is 0 Å². The minimum Gasteiger partial charge on any atom is -0.369 e. The number of aromatic nitrogens is 2. The van der Waals surface area contributed by atoms with Crippen molar-refractivity contribution in [2.24, 2.45) is 0 Å². The fourth-order valence-corrected chi connectivity index (χ4v) is 3.72. The summed E-state index contributed by atoms with van der Waals surface area (Å²) >= 11 is 7.12. The predicted molar refractivity (Wildman–Crippen MR) is 106 cm³/mol. The van der Waals surface area contributed by atoms with E-state index >= 15 is 0 Å². The first kappa shape index (κ1) is 17.2. The van der Waals surface area contributed by atoms with Crippen molar-refractivity contribution in [3.05, 3.63) is 47.5 Å². The van der Waals surface area contributed by atoms with Crippen LogP contribution in [0.5, 0.6) is 0 Å². The fraction of sp³-hybridized carbons (Fsp3) is 0.278. The van der Waals surface area contributed by atoms with Gasteiger partial charge in [-0.25, -0.2) is 0 Å². The van der Waals surface area contributed by atoms with Gasteiger partial charge in [0.2, 0.25) is 5.91 Å². The van der Waals surface area contributed by atoms with Gasteiger partial charge in [-0.1, -0.05) is 11.6 Å². The van der Waals surface area contributed by atoms with E-state index in [1.807, 2.05) is 42.5 Å². The Morgan fingerprint density at radius 1 is 1.04 bits per heavy atom. The van der Waals surface area contributed by atoms with Crippen molar-refractivity contribution in [3.63, 3.8) is 0 Å². The van der Waals surface area contributed by atoms with Crippen LogP contribution >= 0.6 is 23.3 Å². The zero-order valence-electron chi connectivity index (χ0n) is 14.1. The molecule has 0 radical (unpaired) electrons. The lowest BCUT2D eigenvalue weighted by molar-refractivity contribution is -0.117. The van der Waals surface area contributed by atoms with E-state index in [1.165, 1.54) is 17.4 Å². The minimum atomic E-state index is -0.00696. The summed E-state index contributed by atoms with van der Waals surface area (Å²) < 4.78 is 8.37. The zero-order valence-corrected chi connectivity index (χ0v) is 15.6. The molecule has 0 aliphatic carbocycles. The normalized spacial score (nSPS) is 15.3. The molecule has 1 aliphatic heterocycles. The van der Waals surface area contributed by atoms with E-state index in [2.05, 4.69) is 23.9 Å². The van der Waals surface area contributed by atoms with E-state index in [4.69, 9.17) is 11.6 Å². The number of nitrogens with zero attached hydrogens (tertiary/aromatic N) is 4. The Hall–Kier alpha value is -2.22. The third-order valence-corrected chi connectivity index (χ3v) is 5.28. The first-order valence-corrected chi connectivity index (χ1v) is 9.53. The summed E-state index contributed by atoms with van der Waals surface area (Å²) in [5, 5.41) is 3.69. The first-order chi connectivity index (χ1) is 12.7. The van der Waals surface area contributed by atoms with Crippen LogP contribution < -0.4 is 10.2 Å². The molecule has 6 nitrogen and oxygen atoms in total. The maximum Gasteiger partial charge on any atom is 0.238 e. The lowest BCUT2D eigenvalue weighted by Gasteiger charge is -2.35. The number of anilines is 2. The monoisotopic (exact) mass is 387 g/mol. The van der Waals surface area contributed by atoms with Gasteiger partial charge in [0.25, 0.3) is 0 Å². The summed E-state index contributed by atoms with van der Waals surface area (Å²) in [5.41, 5.74) is 3.59. The molecule has 4 rings (SSSR count). The van der Waals surface area contributed by atoms with Crippen LogP contribution in [0, 0.1) is 0 Å². The summed E-state index contributed by atoms with van der Waals surface area (Å²) in [7, 11) is 0. The molecule has 1 amide bonds. The molecule has 1 aromatic heterocycles. The van der Waals surface area contributed by atoms with Gasteiger partial charge in [-0.05, 0) is 42.5 Å². The molecule has 1 N–H and O–H groups in total. The van der Waals surface area contributed by atoms with Crippen LogP contribution in [0.2, 0.25) is 5.02 Å². The lowest BCUT2D eigenvalue weighted by atomic mass is 10.2. The van der Waals surface area contributed by atoms with E-state index < -0.39 is 0 Å². The molecule has 26 heavy (non-hydrogen) atoms. The number of hydrogen-bond donors (Lipinski definition) is 1. The largest absolute Gasteiger partial charge is 0.369 e. The van der Waals surface area contributed by atoms with Gasteiger partial charge in [0, 0.05) is 42.6 Å². The summed E-state index contributed by atoms with van der Waals surface area (Å²) in [6, 6.07) is 13.5. The smallest absolute Gasteiger partial charge is 0.238 e. The van der Waals surface area contributed by atoms with Crippen LogP contribution in [-0.4, -0.2) is 52.3 Å². The number of nitrogens with one attached hydrogen (secondary N) is 1. The SMILES string of the molecule is O=C(CN1CCN(c2ccc(Cl)cc2)CC1)Nc1ccc2nsnc2c1. The fourth-order valence-electron chi connectivity index (χ4n) is 3.08. The van der Waals surface area contributed by atoms with Crippen LogP contribution in [0.3, 0.4) is 0 Å². The van der Waals surface area contributed by atoms with Gasteiger partial charge in [-0.3, -0.25) is 9.69 Å². The quantitative estimate of drug-likeness (QED) is 0.745. The number of amides is 1. The van der Waals surface area contributed by atoms with E-state index in [9.17, 15) is 4.79 Å². The molecule has 0 unspecified atom stereocenters. The molecule has 2 heterocycles. The van der Waals surface area contributed by atoms with E-state index in [-0.39, 0.29) is 5.91 Å². The molecular weight excluding hydrogens is 370 g/mol. The lowest BCUT2D eigenvalue weighted by Crippen LogP contribution is -2.48. The zero-order chi connectivity index (χ0) is 17.9. The topological polar surface area (TPSA) is 61.4 Å². The first-order valence-electron chi connectivity index (χ1n) is 8.42. The van der Waals surface area contributed by atoms with Crippen LogP contribution in [0.15, 0.2) is 42.5 Å². The molecule has 8 heteroatoms. The summed E-state index contributed by atoms with van der Waals surface area (Å²) in [4.78, 5) is 16.8. The van der Waals surface area contributed by atoms with Gasteiger partial charge in [0.05, 0.1) is 18.3 Å². The highest BCUT2D eigenvalue weighted by atomic mass is 35.5. The third kappa shape index (κ3) is 3.95. The van der Waals surface area contributed by atoms with Gasteiger partial charge in [-0.2, -0.15) is 8.75 Å². The van der Waals surface area contributed by atoms with Gasteiger partial charge >= 0.3 is 0 Å². The van der Waals surface area contributed by atoms with Gasteiger partial charge in [0.1, 0.15) is 11.0 Å². The maximum absolute atomic E-state index is 12.3. The number of piperazine rings is 1. The number of fused-ring (bicyclic) bond motifs is 1. The predicted octanol–water partition coefficient (Wildman–Crippen LogP) is 3.11. The molecule has 1 fully saturated rings. The van der Waals surface area contributed by atoms with Gasteiger partial charge < -0.3 is 10.2 Å². The Kier molecular flexibility index (Phi) is 5.01. The van der Waals surface area contributed by atoms with Crippen LogP contribution in [0.4, 0.5) is 11.4 Å². The van der Waals surface area contributed by atoms with Crippen molar-refractivity contribution < 1.29 is 4.79 Å². The summed E-state index contributed by atoms with van der Waals surface area (Å²) in [5.74, 6) is -0.00696. The van der Waals surface area contributed by atoms with Crippen LogP contribution in [0.25, 0.3) is 11.0 Å². The number of halogens is 1. The molecule has 0 spiro atoms. The second-order valence-electron chi connectivity index (χ2n) is 6.26.